The van der Waals surface area contributed by atoms with Gasteiger partial charge in [0, 0.05) is 24.7 Å². The van der Waals surface area contributed by atoms with Crippen LogP contribution >= 0.6 is 0 Å². The van der Waals surface area contributed by atoms with Crippen LogP contribution in [0.5, 0.6) is 11.5 Å². The van der Waals surface area contributed by atoms with Crippen molar-refractivity contribution in [2.75, 3.05) is 19.7 Å². The van der Waals surface area contributed by atoms with Crippen LogP contribution in [-0.2, 0) is 22.6 Å². The number of benzene rings is 3. The Hall–Kier alpha value is -4.73. The van der Waals surface area contributed by atoms with E-state index in [-0.39, 0.29) is 30.9 Å². The Morgan fingerprint density at radius 2 is 1.56 bits per heavy atom. The van der Waals surface area contributed by atoms with Gasteiger partial charge in [0.25, 0.3) is 5.91 Å². The van der Waals surface area contributed by atoms with Gasteiger partial charge in [-0.2, -0.15) is 17.6 Å². The molecule has 16 heteroatoms. The minimum absolute atomic E-state index is 0.00322. The number of carbonyl (C=O) groups is 2. The molecule has 1 aliphatic heterocycles. The van der Waals surface area contributed by atoms with E-state index in [0.29, 0.717) is 49.6 Å². The van der Waals surface area contributed by atoms with Crippen LogP contribution in [0, 0.1) is 17.5 Å². The summed E-state index contributed by atoms with van der Waals surface area (Å²) in [7, 11) is 0. The standard InChI is InChI=1S/C32H30F6N2O3.C2HF3O2/c33-27-12-13-28(34)30(29(27)35)42-16-2-4-20-6-8-22(9-7-20)25-14-15-39-18-26(25)31(41)40(23-10-11-23)19-21-3-1-5-24(17-21)43-32(36,37)38;3-2(4,5)1(6)7/h1,3,5-9,12-13,17,23,39H,2,4,10-11,14-16,18-19H2;(H,6,7). The van der Waals surface area contributed by atoms with Crippen LogP contribution in [0.25, 0.3) is 5.57 Å². The second kappa shape index (κ2) is 16.3. The summed E-state index contributed by atoms with van der Waals surface area (Å²) in [6.45, 7) is 1.23. The summed E-state index contributed by atoms with van der Waals surface area (Å²) < 4.78 is 120. The number of ether oxygens (including phenoxy) is 2. The molecule has 2 N–H and O–H groups in total. The number of rotatable bonds is 11. The molecule has 7 nitrogen and oxygen atoms in total. The Balaban J connectivity index is 0.000000727. The summed E-state index contributed by atoms with van der Waals surface area (Å²) in [5, 5.41) is 10.4. The molecule has 1 aliphatic carbocycles. The van der Waals surface area contributed by atoms with Crippen LogP contribution in [0.15, 0.2) is 66.2 Å². The second-order valence-electron chi connectivity index (χ2n) is 11.4. The number of alkyl halides is 6. The molecule has 0 atom stereocenters. The molecule has 0 aromatic heterocycles. The van der Waals surface area contributed by atoms with Crippen LogP contribution in [0.1, 0.15) is 42.4 Å². The highest BCUT2D eigenvalue weighted by molar-refractivity contribution is 6.02. The largest absolute Gasteiger partial charge is 0.573 e. The summed E-state index contributed by atoms with van der Waals surface area (Å²) in [6.07, 6.45) is -6.60. The van der Waals surface area contributed by atoms with E-state index in [1.807, 2.05) is 24.3 Å². The average Bonchev–Trinajstić information content (AvgIpc) is 3.90. The predicted molar refractivity (Wildman–Crippen MR) is 161 cm³/mol. The quantitative estimate of drug-likeness (QED) is 0.121. The number of nitrogens with one attached hydrogen (secondary N) is 1. The SMILES string of the molecule is O=C(C1=C(c2ccc(CCCOc3c(F)ccc(F)c3F)cc2)CCNC1)N(Cc1cccc(OC(F)(F)F)c1)C1CC1.O=C(O)C(F)(F)F. The van der Waals surface area contributed by atoms with Gasteiger partial charge in [0.15, 0.2) is 17.4 Å². The van der Waals surface area contributed by atoms with Gasteiger partial charge < -0.3 is 24.8 Å². The highest BCUT2D eigenvalue weighted by atomic mass is 19.4. The Kier molecular flexibility index (Phi) is 12.4. The number of aryl methyl sites for hydroxylation is 1. The van der Waals surface area contributed by atoms with Gasteiger partial charge in [0.05, 0.1) is 6.61 Å². The lowest BCUT2D eigenvalue weighted by atomic mass is 9.92. The maximum absolute atomic E-state index is 13.8. The van der Waals surface area contributed by atoms with Crippen molar-refractivity contribution in [2.45, 2.75) is 57.2 Å². The summed E-state index contributed by atoms with van der Waals surface area (Å²) in [6, 6.07) is 14.9. The third kappa shape index (κ3) is 10.9. The Bertz CT molecular complexity index is 1690. The summed E-state index contributed by atoms with van der Waals surface area (Å²) >= 11 is 0. The maximum atomic E-state index is 13.8. The van der Waals surface area contributed by atoms with Gasteiger partial charge in [0.1, 0.15) is 5.75 Å². The molecule has 0 spiro atoms. The van der Waals surface area contributed by atoms with E-state index < -0.39 is 41.7 Å². The molecule has 50 heavy (non-hydrogen) atoms. The van der Waals surface area contributed by atoms with Gasteiger partial charge in [-0.1, -0.05) is 36.4 Å². The molecule has 1 amide bonds. The molecular formula is C34H31F9N2O5. The van der Waals surface area contributed by atoms with Gasteiger partial charge in [-0.25, -0.2) is 13.6 Å². The number of halogens is 9. The van der Waals surface area contributed by atoms with E-state index in [4.69, 9.17) is 14.6 Å². The summed E-state index contributed by atoms with van der Waals surface area (Å²) in [5.74, 6) is -7.46. The van der Waals surface area contributed by atoms with E-state index >= 15 is 0 Å². The van der Waals surface area contributed by atoms with Crippen LogP contribution in [-0.4, -0.2) is 60.2 Å². The number of carboxylic acid groups (broad SMARTS) is 1. The number of hydrogen-bond acceptors (Lipinski definition) is 5. The second-order valence-corrected chi connectivity index (χ2v) is 11.4. The molecule has 5 rings (SSSR count). The van der Waals surface area contributed by atoms with E-state index in [1.54, 1.807) is 11.0 Å². The minimum Gasteiger partial charge on any atom is -0.488 e. The lowest BCUT2D eigenvalue weighted by molar-refractivity contribution is -0.274. The van der Waals surface area contributed by atoms with E-state index in [9.17, 15) is 44.3 Å². The van der Waals surface area contributed by atoms with Crippen molar-refractivity contribution in [1.29, 1.82) is 0 Å². The lowest BCUT2D eigenvalue weighted by Gasteiger charge is -2.28. The first-order chi connectivity index (χ1) is 23.5. The first kappa shape index (κ1) is 38.1. The molecule has 0 saturated heterocycles. The summed E-state index contributed by atoms with van der Waals surface area (Å²) in [5.41, 5.74) is 3.93. The van der Waals surface area contributed by atoms with Crippen LogP contribution in [0.3, 0.4) is 0 Å². The Morgan fingerprint density at radius 1 is 0.900 bits per heavy atom. The Morgan fingerprint density at radius 3 is 2.18 bits per heavy atom. The fraction of sp³-hybridized carbons (Fsp3) is 0.353. The third-order valence-electron chi connectivity index (χ3n) is 7.61. The minimum atomic E-state index is -5.08. The molecule has 1 saturated carbocycles. The fourth-order valence-corrected chi connectivity index (χ4v) is 5.14. The van der Waals surface area contributed by atoms with E-state index in [0.717, 1.165) is 35.6 Å². The van der Waals surface area contributed by atoms with Crippen LogP contribution in [0.4, 0.5) is 39.5 Å². The van der Waals surface area contributed by atoms with Crippen molar-refractivity contribution < 1.29 is 63.7 Å². The highest BCUT2D eigenvalue weighted by Gasteiger charge is 2.38. The van der Waals surface area contributed by atoms with Crippen molar-refractivity contribution in [3.05, 3.63) is 100 Å². The van der Waals surface area contributed by atoms with Crippen molar-refractivity contribution in [3.63, 3.8) is 0 Å². The first-order valence-corrected chi connectivity index (χ1v) is 15.3. The molecule has 270 valence electrons. The fourth-order valence-electron chi connectivity index (χ4n) is 5.14. The highest BCUT2D eigenvalue weighted by Crippen LogP contribution is 2.34. The van der Waals surface area contributed by atoms with Crippen molar-refractivity contribution in [2.24, 2.45) is 0 Å². The zero-order valence-corrected chi connectivity index (χ0v) is 26.1. The number of carbonyl (C=O) groups excluding carboxylic acids is 1. The molecular weight excluding hydrogens is 687 g/mol. The Labute approximate surface area is 280 Å². The zero-order chi connectivity index (χ0) is 36.6. The molecule has 1 fully saturated rings. The van der Waals surface area contributed by atoms with Gasteiger partial charge in [-0.05, 0) is 85.2 Å². The third-order valence-corrected chi connectivity index (χ3v) is 7.61. The van der Waals surface area contributed by atoms with Crippen molar-refractivity contribution in [1.82, 2.24) is 10.2 Å². The predicted octanol–water partition coefficient (Wildman–Crippen LogP) is 7.59. The molecule has 0 bridgehead atoms. The number of aliphatic carboxylic acids is 1. The van der Waals surface area contributed by atoms with E-state index in [1.165, 1.54) is 18.2 Å². The zero-order valence-electron chi connectivity index (χ0n) is 26.1. The van der Waals surface area contributed by atoms with Crippen LogP contribution < -0.4 is 14.8 Å². The summed E-state index contributed by atoms with van der Waals surface area (Å²) in [4.78, 5) is 24.5. The maximum Gasteiger partial charge on any atom is 0.573 e. The molecule has 3 aromatic rings. The molecule has 3 aromatic carbocycles. The topological polar surface area (TPSA) is 88.1 Å². The molecule has 0 unspecified atom stereocenters. The van der Waals surface area contributed by atoms with Gasteiger partial charge in [-0.15, -0.1) is 13.2 Å². The number of nitrogens with zero attached hydrogens (tertiary/aromatic N) is 1. The lowest BCUT2D eigenvalue weighted by Crippen LogP contribution is -2.39. The average molecular weight is 719 g/mol. The molecule has 1 heterocycles. The van der Waals surface area contributed by atoms with Crippen molar-refractivity contribution >= 4 is 17.4 Å². The van der Waals surface area contributed by atoms with Crippen LogP contribution in [0.2, 0.25) is 0 Å². The van der Waals surface area contributed by atoms with Gasteiger partial charge >= 0.3 is 18.5 Å². The first-order valence-electron chi connectivity index (χ1n) is 15.3. The van der Waals surface area contributed by atoms with Gasteiger partial charge in [-0.3, -0.25) is 4.79 Å². The normalized spacial score (nSPS) is 14.8. The molecule has 0 radical (unpaired) electrons. The molecule has 2 aliphatic rings. The number of carboxylic acids is 1. The van der Waals surface area contributed by atoms with Crippen molar-refractivity contribution in [3.8, 4) is 11.5 Å². The number of hydrogen-bond donors (Lipinski definition) is 2. The smallest absolute Gasteiger partial charge is 0.488 e. The van der Waals surface area contributed by atoms with Gasteiger partial charge in [0.2, 0.25) is 5.82 Å². The monoisotopic (exact) mass is 718 g/mol. The number of amides is 1. The van der Waals surface area contributed by atoms with E-state index in [2.05, 4.69) is 10.1 Å².